The largest absolute Gasteiger partial charge is 0.496 e. The summed E-state index contributed by atoms with van der Waals surface area (Å²) in [4.78, 5) is 11.9. The van der Waals surface area contributed by atoms with Crippen LogP contribution < -0.4 is 10.1 Å². The molecular formula is C18H20ClNO2. The number of hydrogen-bond acceptors (Lipinski definition) is 2. The minimum Gasteiger partial charge on any atom is -0.496 e. The van der Waals surface area contributed by atoms with Crippen LogP contribution in [0.25, 0.3) is 0 Å². The van der Waals surface area contributed by atoms with Crippen LogP contribution in [0.1, 0.15) is 23.1 Å². The van der Waals surface area contributed by atoms with Crippen molar-refractivity contribution in [2.45, 2.75) is 26.3 Å². The smallest absolute Gasteiger partial charge is 0.220 e. The number of methoxy groups -OCH3 is 1. The van der Waals surface area contributed by atoms with Crippen LogP contribution in [0.4, 0.5) is 0 Å². The summed E-state index contributed by atoms with van der Waals surface area (Å²) in [6, 6.07) is 13.5. The number of nitrogens with one attached hydrogen (secondary N) is 1. The molecular weight excluding hydrogens is 298 g/mol. The van der Waals surface area contributed by atoms with E-state index < -0.39 is 0 Å². The van der Waals surface area contributed by atoms with E-state index in [1.165, 1.54) is 0 Å². The van der Waals surface area contributed by atoms with E-state index in [0.717, 1.165) is 22.4 Å². The first-order valence-corrected chi connectivity index (χ1v) is 7.61. The van der Waals surface area contributed by atoms with Gasteiger partial charge < -0.3 is 10.1 Å². The van der Waals surface area contributed by atoms with Crippen molar-refractivity contribution in [2.75, 3.05) is 7.11 Å². The topological polar surface area (TPSA) is 38.3 Å². The molecule has 0 unspecified atom stereocenters. The summed E-state index contributed by atoms with van der Waals surface area (Å²) in [5, 5.41) is 3.57. The molecule has 0 saturated heterocycles. The lowest BCUT2D eigenvalue weighted by atomic mass is 10.1. The maximum atomic E-state index is 11.9. The molecule has 4 heteroatoms. The third-order valence-corrected chi connectivity index (χ3v) is 3.90. The molecule has 2 rings (SSSR count). The highest BCUT2D eigenvalue weighted by Crippen LogP contribution is 2.19. The predicted molar refractivity (Wildman–Crippen MR) is 89.4 cm³/mol. The van der Waals surface area contributed by atoms with Gasteiger partial charge >= 0.3 is 0 Å². The first-order valence-electron chi connectivity index (χ1n) is 7.24. The zero-order chi connectivity index (χ0) is 15.9. The van der Waals surface area contributed by atoms with Crippen LogP contribution >= 0.6 is 11.6 Å². The molecule has 0 heterocycles. The Hall–Kier alpha value is -2.00. The Labute approximate surface area is 136 Å². The first-order chi connectivity index (χ1) is 10.6. The minimum absolute atomic E-state index is 0.0217. The van der Waals surface area contributed by atoms with E-state index in [4.69, 9.17) is 16.3 Å². The predicted octanol–water partition coefficient (Wildman–Crippen LogP) is 3.91. The number of halogens is 1. The van der Waals surface area contributed by atoms with Gasteiger partial charge in [-0.25, -0.2) is 0 Å². The van der Waals surface area contributed by atoms with Crippen molar-refractivity contribution in [3.05, 3.63) is 64.2 Å². The molecule has 1 N–H and O–H groups in total. The highest BCUT2D eigenvalue weighted by Gasteiger charge is 2.06. The van der Waals surface area contributed by atoms with Gasteiger partial charge in [-0.05, 0) is 42.2 Å². The first kappa shape index (κ1) is 16.4. The van der Waals surface area contributed by atoms with Crippen molar-refractivity contribution in [1.82, 2.24) is 5.32 Å². The number of rotatable bonds is 6. The number of aryl methyl sites for hydroxylation is 2. The Morgan fingerprint density at radius 2 is 2.00 bits per heavy atom. The molecule has 0 radical (unpaired) electrons. The summed E-state index contributed by atoms with van der Waals surface area (Å²) in [7, 11) is 1.66. The van der Waals surface area contributed by atoms with Gasteiger partial charge in [0.05, 0.1) is 7.11 Å². The molecule has 0 atom stereocenters. The van der Waals surface area contributed by atoms with Gasteiger partial charge in [0.1, 0.15) is 5.75 Å². The van der Waals surface area contributed by atoms with Crippen LogP contribution in [-0.4, -0.2) is 13.0 Å². The maximum Gasteiger partial charge on any atom is 0.220 e. The number of benzene rings is 2. The third kappa shape index (κ3) is 4.50. The second kappa shape index (κ2) is 7.85. The molecule has 0 fully saturated rings. The fourth-order valence-electron chi connectivity index (χ4n) is 2.28. The van der Waals surface area contributed by atoms with Crippen LogP contribution in [0.15, 0.2) is 42.5 Å². The lowest BCUT2D eigenvalue weighted by molar-refractivity contribution is -0.121. The normalized spacial score (nSPS) is 10.3. The fraction of sp³-hybridized carbons (Fsp3) is 0.278. The molecule has 22 heavy (non-hydrogen) atoms. The highest BCUT2D eigenvalue weighted by molar-refractivity contribution is 6.31. The summed E-state index contributed by atoms with van der Waals surface area (Å²) >= 11 is 6.06. The molecule has 0 spiro atoms. The Morgan fingerprint density at radius 3 is 2.68 bits per heavy atom. The molecule has 116 valence electrons. The second-order valence-electron chi connectivity index (χ2n) is 5.17. The van der Waals surface area contributed by atoms with Gasteiger partial charge in [0, 0.05) is 18.0 Å². The standard InChI is InChI=1S/C18H20ClNO2/c1-13-11-14(7-9-17(13)22-2)8-10-18(21)20-12-15-5-3-4-6-16(15)19/h3-7,9,11H,8,10,12H2,1-2H3,(H,20,21). The molecule has 0 aliphatic carbocycles. The molecule has 0 aliphatic rings. The summed E-state index contributed by atoms with van der Waals surface area (Å²) in [6.07, 6.45) is 1.16. The van der Waals surface area contributed by atoms with Crippen molar-refractivity contribution in [1.29, 1.82) is 0 Å². The minimum atomic E-state index is 0.0217. The molecule has 2 aromatic rings. The van der Waals surface area contributed by atoms with Crippen molar-refractivity contribution in [3.63, 3.8) is 0 Å². The van der Waals surface area contributed by atoms with E-state index in [9.17, 15) is 4.79 Å². The van der Waals surface area contributed by atoms with Gasteiger partial charge in [-0.1, -0.05) is 41.9 Å². The van der Waals surface area contributed by atoms with Gasteiger partial charge in [-0.15, -0.1) is 0 Å². The van der Waals surface area contributed by atoms with Gasteiger partial charge in [0.2, 0.25) is 5.91 Å². The van der Waals surface area contributed by atoms with Crippen LogP contribution in [0, 0.1) is 6.92 Å². The number of amides is 1. The molecule has 0 saturated carbocycles. The van der Waals surface area contributed by atoms with E-state index >= 15 is 0 Å². The van der Waals surface area contributed by atoms with Crippen LogP contribution in [0.2, 0.25) is 5.02 Å². The molecule has 0 aromatic heterocycles. The SMILES string of the molecule is COc1ccc(CCC(=O)NCc2ccccc2Cl)cc1C. The van der Waals surface area contributed by atoms with Crippen molar-refractivity contribution in [3.8, 4) is 5.75 Å². The zero-order valence-electron chi connectivity index (χ0n) is 12.9. The van der Waals surface area contributed by atoms with Gasteiger partial charge in [0.25, 0.3) is 0 Å². The summed E-state index contributed by atoms with van der Waals surface area (Å²) in [5.74, 6) is 0.889. The van der Waals surface area contributed by atoms with E-state index in [-0.39, 0.29) is 5.91 Å². The molecule has 0 bridgehead atoms. The van der Waals surface area contributed by atoms with Crippen molar-refractivity contribution < 1.29 is 9.53 Å². The Bertz CT molecular complexity index is 655. The molecule has 0 aliphatic heterocycles. The lowest BCUT2D eigenvalue weighted by Gasteiger charge is -2.09. The Kier molecular flexibility index (Phi) is 5.84. The van der Waals surface area contributed by atoms with Gasteiger partial charge in [-0.3, -0.25) is 4.79 Å². The van der Waals surface area contributed by atoms with Crippen molar-refractivity contribution >= 4 is 17.5 Å². The maximum absolute atomic E-state index is 11.9. The fourth-order valence-corrected chi connectivity index (χ4v) is 2.48. The summed E-state index contributed by atoms with van der Waals surface area (Å²) in [5.41, 5.74) is 3.14. The lowest BCUT2D eigenvalue weighted by Crippen LogP contribution is -2.23. The van der Waals surface area contributed by atoms with Crippen LogP contribution in [0.5, 0.6) is 5.75 Å². The van der Waals surface area contributed by atoms with E-state index in [2.05, 4.69) is 11.4 Å². The van der Waals surface area contributed by atoms with Crippen LogP contribution in [-0.2, 0) is 17.8 Å². The second-order valence-corrected chi connectivity index (χ2v) is 5.58. The Morgan fingerprint density at radius 1 is 1.23 bits per heavy atom. The molecule has 2 aromatic carbocycles. The van der Waals surface area contributed by atoms with Gasteiger partial charge in [-0.2, -0.15) is 0 Å². The Balaban J connectivity index is 1.83. The van der Waals surface area contributed by atoms with E-state index in [1.54, 1.807) is 7.11 Å². The number of carbonyl (C=O) groups excluding carboxylic acids is 1. The average molecular weight is 318 g/mol. The van der Waals surface area contributed by atoms with Gasteiger partial charge in [0.15, 0.2) is 0 Å². The molecule has 3 nitrogen and oxygen atoms in total. The summed E-state index contributed by atoms with van der Waals surface area (Å²) in [6.45, 7) is 2.46. The number of ether oxygens (including phenoxy) is 1. The van der Waals surface area contributed by atoms with Crippen LogP contribution in [0.3, 0.4) is 0 Å². The zero-order valence-corrected chi connectivity index (χ0v) is 13.6. The third-order valence-electron chi connectivity index (χ3n) is 3.53. The monoisotopic (exact) mass is 317 g/mol. The van der Waals surface area contributed by atoms with E-state index in [0.29, 0.717) is 24.4 Å². The van der Waals surface area contributed by atoms with Crippen molar-refractivity contribution in [2.24, 2.45) is 0 Å². The number of carbonyl (C=O) groups is 1. The number of hydrogen-bond donors (Lipinski definition) is 1. The highest BCUT2D eigenvalue weighted by atomic mass is 35.5. The quantitative estimate of drug-likeness (QED) is 0.877. The summed E-state index contributed by atoms with van der Waals surface area (Å²) < 4.78 is 5.23. The average Bonchev–Trinajstić information content (AvgIpc) is 2.52. The molecule has 1 amide bonds. The van der Waals surface area contributed by atoms with E-state index in [1.807, 2.05) is 43.3 Å².